The van der Waals surface area contributed by atoms with Crippen LogP contribution in [0.25, 0.3) is 0 Å². The SMILES string of the molecule is Cc1csc([C@@H]2CN([C@H](C)c3nc(C)no3)CCO2)n1. The molecule has 1 aliphatic heterocycles. The van der Waals surface area contributed by atoms with Crippen LogP contribution in [0.5, 0.6) is 0 Å². The Labute approximate surface area is 121 Å². The molecule has 6 nitrogen and oxygen atoms in total. The van der Waals surface area contributed by atoms with E-state index in [9.17, 15) is 0 Å². The van der Waals surface area contributed by atoms with Crippen LogP contribution in [-0.4, -0.2) is 39.7 Å². The van der Waals surface area contributed by atoms with Gasteiger partial charge in [-0.15, -0.1) is 11.3 Å². The van der Waals surface area contributed by atoms with Gasteiger partial charge in [-0.05, 0) is 20.8 Å². The summed E-state index contributed by atoms with van der Waals surface area (Å²) in [5.41, 5.74) is 1.05. The normalized spacial score (nSPS) is 22.1. The Morgan fingerprint density at radius 3 is 2.90 bits per heavy atom. The average Bonchev–Trinajstić information content (AvgIpc) is 3.07. The molecular weight excluding hydrogens is 276 g/mol. The molecule has 1 aliphatic rings. The number of hydrogen-bond donors (Lipinski definition) is 0. The Hall–Kier alpha value is -1.31. The Morgan fingerprint density at radius 2 is 2.25 bits per heavy atom. The van der Waals surface area contributed by atoms with E-state index >= 15 is 0 Å². The first-order valence-electron chi connectivity index (χ1n) is 6.71. The van der Waals surface area contributed by atoms with E-state index in [1.807, 2.05) is 13.8 Å². The average molecular weight is 294 g/mol. The van der Waals surface area contributed by atoms with E-state index in [4.69, 9.17) is 9.26 Å². The van der Waals surface area contributed by atoms with Gasteiger partial charge < -0.3 is 9.26 Å². The Balaban J connectivity index is 1.71. The van der Waals surface area contributed by atoms with Gasteiger partial charge >= 0.3 is 0 Å². The molecule has 1 fully saturated rings. The molecule has 0 radical (unpaired) electrons. The molecule has 0 aromatic carbocycles. The molecule has 0 unspecified atom stereocenters. The first-order valence-corrected chi connectivity index (χ1v) is 7.59. The Morgan fingerprint density at radius 1 is 1.40 bits per heavy atom. The molecule has 3 heterocycles. The lowest BCUT2D eigenvalue weighted by Crippen LogP contribution is -2.40. The van der Waals surface area contributed by atoms with Gasteiger partial charge in [0, 0.05) is 24.2 Å². The second-order valence-corrected chi connectivity index (χ2v) is 5.93. The summed E-state index contributed by atoms with van der Waals surface area (Å²) in [6, 6.07) is 0.101. The first kappa shape index (κ1) is 13.7. The van der Waals surface area contributed by atoms with Crippen LogP contribution >= 0.6 is 11.3 Å². The molecule has 0 amide bonds. The van der Waals surface area contributed by atoms with E-state index in [1.54, 1.807) is 11.3 Å². The highest BCUT2D eigenvalue weighted by Gasteiger charge is 2.29. The van der Waals surface area contributed by atoms with Gasteiger partial charge in [0.2, 0.25) is 5.89 Å². The number of rotatable bonds is 3. The second-order valence-electron chi connectivity index (χ2n) is 5.04. The topological polar surface area (TPSA) is 64.3 Å². The minimum Gasteiger partial charge on any atom is -0.368 e. The van der Waals surface area contributed by atoms with Crippen LogP contribution in [0.2, 0.25) is 0 Å². The molecule has 2 atom stereocenters. The number of nitrogens with zero attached hydrogens (tertiary/aromatic N) is 4. The van der Waals surface area contributed by atoms with Crippen LogP contribution < -0.4 is 0 Å². The summed E-state index contributed by atoms with van der Waals surface area (Å²) in [5, 5.41) is 6.96. The summed E-state index contributed by atoms with van der Waals surface area (Å²) in [4.78, 5) is 11.1. The molecular formula is C13H18N4O2S. The number of ether oxygens (including phenoxy) is 1. The molecule has 0 saturated carbocycles. The van der Waals surface area contributed by atoms with Gasteiger partial charge in [0.15, 0.2) is 5.82 Å². The van der Waals surface area contributed by atoms with Crippen molar-refractivity contribution in [3.63, 3.8) is 0 Å². The second kappa shape index (κ2) is 5.59. The molecule has 108 valence electrons. The van der Waals surface area contributed by atoms with E-state index in [1.165, 1.54) is 0 Å². The lowest BCUT2D eigenvalue weighted by molar-refractivity contribution is -0.0470. The molecule has 0 bridgehead atoms. The fraction of sp³-hybridized carbons (Fsp3) is 0.615. The van der Waals surface area contributed by atoms with Gasteiger partial charge in [-0.1, -0.05) is 5.16 Å². The highest BCUT2D eigenvalue weighted by atomic mass is 32.1. The van der Waals surface area contributed by atoms with Crippen LogP contribution in [-0.2, 0) is 4.74 Å². The van der Waals surface area contributed by atoms with E-state index in [-0.39, 0.29) is 12.1 Å². The van der Waals surface area contributed by atoms with Crippen molar-refractivity contribution >= 4 is 11.3 Å². The molecule has 7 heteroatoms. The van der Waals surface area contributed by atoms with E-state index < -0.39 is 0 Å². The maximum absolute atomic E-state index is 5.84. The van der Waals surface area contributed by atoms with E-state index in [0.717, 1.165) is 23.8 Å². The van der Waals surface area contributed by atoms with Crippen LogP contribution in [0.3, 0.4) is 0 Å². The zero-order valence-electron chi connectivity index (χ0n) is 11.9. The van der Waals surface area contributed by atoms with Crippen molar-refractivity contribution in [3.8, 4) is 0 Å². The highest BCUT2D eigenvalue weighted by Crippen LogP contribution is 2.29. The van der Waals surface area contributed by atoms with Crippen LogP contribution in [0, 0.1) is 13.8 Å². The predicted octanol–water partition coefficient (Wildman–Crippen LogP) is 2.28. The fourth-order valence-corrected chi connectivity index (χ4v) is 3.16. The lowest BCUT2D eigenvalue weighted by atomic mass is 10.2. The zero-order chi connectivity index (χ0) is 14.1. The molecule has 1 saturated heterocycles. The quantitative estimate of drug-likeness (QED) is 0.865. The van der Waals surface area contributed by atoms with Crippen molar-refractivity contribution in [2.24, 2.45) is 0 Å². The summed E-state index contributed by atoms with van der Waals surface area (Å²) in [6.07, 6.45) is 0.0360. The molecule has 2 aromatic heterocycles. The lowest BCUT2D eigenvalue weighted by Gasteiger charge is -2.34. The van der Waals surface area contributed by atoms with Crippen LogP contribution in [0.4, 0.5) is 0 Å². The summed E-state index contributed by atoms with van der Waals surface area (Å²) >= 11 is 1.66. The minimum absolute atomic E-state index is 0.0360. The Bertz CT molecular complexity index is 544. The molecule has 3 rings (SSSR count). The largest absolute Gasteiger partial charge is 0.368 e. The standard InChI is InChI=1S/C13H18N4O2S/c1-8-7-20-13(14-8)11-6-17(4-5-18-11)9(2)12-15-10(3)16-19-12/h7,9,11H,4-6H2,1-3H3/t9-,11+/m1/s1. The van der Waals surface area contributed by atoms with Crippen molar-refractivity contribution in [2.45, 2.75) is 32.9 Å². The molecule has 2 aromatic rings. The summed E-state index contributed by atoms with van der Waals surface area (Å²) in [6.45, 7) is 8.28. The van der Waals surface area contributed by atoms with Crippen molar-refractivity contribution in [1.29, 1.82) is 0 Å². The van der Waals surface area contributed by atoms with Crippen molar-refractivity contribution in [3.05, 3.63) is 27.8 Å². The van der Waals surface area contributed by atoms with Gasteiger partial charge in [0.1, 0.15) is 11.1 Å². The third kappa shape index (κ3) is 2.74. The number of hydrogen-bond acceptors (Lipinski definition) is 7. The van der Waals surface area contributed by atoms with Crippen LogP contribution in [0.1, 0.15) is 41.5 Å². The molecule has 0 aliphatic carbocycles. The van der Waals surface area contributed by atoms with Gasteiger partial charge in [-0.25, -0.2) is 4.98 Å². The smallest absolute Gasteiger partial charge is 0.243 e. The van der Waals surface area contributed by atoms with Crippen molar-refractivity contribution < 1.29 is 9.26 Å². The maximum Gasteiger partial charge on any atom is 0.243 e. The maximum atomic E-state index is 5.84. The number of thiazole rings is 1. The third-order valence-electron chi connectivity index (χ3n) is 3.46. The number of morpholine rings is 1. The van der Waals surface area contributed by atoms with Crippen molar-refractivity contribution in [1.82, 2.24) is 20.0 Å². The molecule has 0 N–H and O–H groups in total. The van der Waals surface area contributed by atoms with Crippen LogP contribution in [0.15, 0.2) is 9.90 Å². The third-order valence-corrected chi connectivity index (χ3v) is 4.51. The number of aryl methyl sites for hydroxylation is 2. The highest BCUT2D eigenvalue weighted by molar-refractivity contribution is 7.09. The first-order chi connectivity index (χ1) is 9.63. The van der Waals surface area contributed by atoms with E-state index in [0.29, 0.717) is 18.3 Å². The number of aromatic nitrogens is 3. The summed E-state index contributed by atoms with van der Waals surface area (Å²) < 4.78 is 11.1. The van der Waals surface area contributed by atoms with Gasteiger partial charge in [-0.3, -0.25) is 4.90 Å². The molecule has 20 heavy (non-hydrogen) atoms. The fourth-order valence-electron chi connectivity index (χ4n) is 2.33. The predicted molar refractivity (Wildman–Crippen MR) is 74.6 cm³/mol. The minimum atomic E-state index is 0.0360. The van der Waals surface area contributed by atoms with E-state index in [2.05, 4.69) is 32.3 Å². The zero-order valence-corrected chi connectivity index (χ0v) is 12.7. The monoisotopic (exact) mass is 294 g/mol. The van der Waals surface area contributed by atoms with Crippen molar-refractivity contribution in [2.75, 3.05) is 19.7 Å². The Kier molecular flexibility index (Phi) is 3.82. The molecule has 0 spiro atoms. The van der Waals surface area contributed by atoms with Gasteiger partial charge in [0.25, 0.3) is 0 Å². The summed E-state index contributed by atoms with van der Waals surface area (Å²) in [7, 11) is 0. The summed E-state index contributed by atoms with van der Waals surface area (Å²) in [5.74, 6) is 1.34. The van der Waals surface area contributed by atoms with Gasteiger partial charge in [0.05, 0.1) is 12.6 Å². The van der Waals surface area contributed by atoms with Gasteiger partial charge in [-0.2, -0.15) is 4.98 Å².